The fourth-order valence-electron chi connectivity index (χ4n) is 2.90. The van der Waals surface area contributed by atoms with Crippen molar-refractivity contribution in [1.82, 2.24) is 9.38 Å². The molecule has 0 bridgehead atoms. The summed E-state index contributed by atoms with van der Waals surface area (Å²) in [6.45, 7) is 6.26. The molecule has 0 aliphatic rings. The number of hydrogen-bond donors (Lipinski definition) is 1. The molecule has 0 aliphatic heterocycles. The largest absolute Gasteiger partial charge is 0.326 e. The van der Waals surface area contributed by atoms with E-state index in [4.69, 9.17) is 0 Å². The van der Waals surface area contributed by atoms with Crippen LogP contribution in [-0.4, -0.2) is 9.38 Å². The predicted octanol–water partition coefficient (Wildman–Crippen LogP) is 3.47. The molecule has 1 N–H and O–H groups in total. The van der Waals surface area contributed by atoms with Gasteiger partial charge in [-0.1, -0.05) is 31.2 Å². The molecule has 0 saturated carbocycles. The van der Waals surface area contributed by atoms with E-state index >= 15 is 0 Å². The van der Waals surface area contributed by atoms with E-state index in [1.807, 2.05) is 17.5 Å². The summed E-state index contributed by atoms with van der Waals surface area (Å²) in [6, 6.07) is 8.40. The number of nitrogens with zero attached hydrogens (tertiary/aromatic N) is 1. The minimum atomic E-state index is -0.0340. The van der Waals surface area contributed by atoms with E-state index in [1.165, 1.54) is 16.7 Å². The lowest BCUT2D eigenvalue weighted by Gasteiger charge is -2.09. The molecule has 20 heavy (non-hydrogen) atoms. The second kappa shape index (κ2) is 4.67. The Hall–Kier alpha value is -2.29. The maximum atomic E-state index is 12.1. The summed E-state index contributed by atoms with van der Waals surface area (Å²) in [5.74, 6) is 0. The third-order valence-electron chi connectivity index (χ3n) is 4.06. The number of aromatic nitrogens is 2. The van der Waals surface area contributed by atoms with Crippen molar-refractivity contribution >= 4 is 5.52 Å². The first-order chi connectivity index (χ1) is 9.65. The van der Waals surface area contributed by atoms with Gasteiger partial charge in [0.1, 0.15) is 5.52 Å². The number of aryl methyl sites for hydroxylation is 2. The Balaban J connectivity index is 2.46. The lowest BCUT2D eigenvalue weighted by Crippen LogP contribution is -2.08. The summed E-state index contributed by atoms with van der Waals surface area (Å²) in [5.41, 5.74) is 6.56. The van der Waals surface area contributed by atoms with Gasteiger partial charge in [-0.15, -0.1) is 0 Å². The van der Waals surface area contributed by atoms with Gasteiger partial charge in [0.15, 0.2) is 0 Å². The Morgan fingerprint density at radius 1 is 1.15 bits per heavy atom. The number of fused-ring (bicyclic) bond motifs is 1. The number of rotatable bonds is 2. The molecule has 0 radical (unpaired) electrons. The zero-order valence-electron chi connectivity index (χ0n) is 12.0. The molecule has 3 aromatic rings. The van der Waals surface area contributed by atoms with E-state index in [9.17, 15) is 4.79 Å². The number of aromatic amines is 1. The van der Waals surface area contributed by atoms with Gasteiger partial charge in [0.2, 0.25) is 0 Å². The van der Waals surface area contributed by atoms with Crippen LogP contribution in [0.15, 0.2) is 41.5 Å². The second-order valence-electron chi connectivity index (χ2n) is 5.12. The smallest absolute Gasteiger partial charge is 0.272 e. The molecule has 0 saturated heterocycles. The van der Waals surface area contributed by atoms with Gasteiger partial charge in [-0.25, -0.2) is 0 Å². The van der Waals surface area contributed by atoms with Gasteiger partial charge in [0, 0.05) is 18.0 Å². The maximum absolute atomic E-state index is 12.1. The van der Waals surface area contributed by atoms with E-state index < -0.39 is 0 Å². The monoisotopic (exact) mass is 266 g/mol. The van der Waals surface area contributed by atoms with E-state index in [0.29, 0.717) is 0 Å². The van der Waals surface area contributed by atoms with Crippen LogP contribution in [0.1, 0.15) is 23.6 Å². The number of nitrogens with one attached hydrogen (secondary N) is 1. The Kier molecular flexibility index (Phi) is 2.97. The Morgan fingerprint density at radius 2 is 1.90 bits per heavy atom. The molecule has 0 unspecified atom stereocenters. The lowest BCUT2D eigenvalue weighted by molar-refractivity contribution is 1.09. The van der Waals surface area contributed by atoms with E-state index in [-0.39, 0.29) is 5.56 Å². The maximum Gasteiger partial charge on any atom is 0.272 e. The minimum absolute atomic E-state index is 0.0340. The Morgan fingerprint density at radius 3 is 2.65 bits per heavy atom. The van der Waals surface area contributed by atoms with Crippen LogP contribution in [0, 0.1) is 13.8 Å². The van der Waals surface area contributed by atoms with Crippen molar-refractivity contribution in [2.45, 2.75) is 27.2 Å². The van der Waals surface area contributed by atoms with Gasteiger partial charge in [0.25, 0.3) is 5.56 Å². The normalized spacial score (nSPS) is 11.2. The average Bonchev–Trinajstić information content (AvgIpc) is 2.72. The lowest BCUT2D eigenvalue weighted by atomic mass is 9.99. The third kappa shape index (κ3) is 1.70. The highest BCUT2D eigenvalue weighted by Crippen LogP contribution is 2.31. The van der Waals surface area contributed by atoms with Crippen molar-refractivity contribution in [2.24, 2.45) is 0 Å². The van der Waals surface area contributed by atoms with Gasteiger partial charge in [-0.2, -0.15) is 0 Å². The van der Waals surface area contributed by atoms with Crippen LogP contribution in [0.5, 0.6) is 0 Å². The van der Waals surface area contributed by atoms with Crippen LogP contribution in [0.4, 0.5) is 0 Å². The number of H-pyrrole nitrogens is 1. The van der Waals surface area contributed by atoms with Gasteiger partial charge in [0.05, 0.1) is 5.69 Å². The van der Waals surface area contributed by atoms with E-state index in [1.54, 1.807) is 6.20 Å². The number of hydrogen-bond acceptors (Lipinski definition) is 1. The zero-order valence-corrected chi connectivity index (χ0v) is 12.0. The highest BCUT2D eigenvalue weighted by atomic mass is 16.1. The molecular weight excluding hydrogens is 248 g/mol. The summed E-state index contributed by atoms with van der Waals surface area (Å²) in [6.07, 6.45) is 4.61. The van der Waals surface area contributed by atoms with Crippen molar-refractivity contribution in [1.29, 1.82) is 0 Å². The molecule has 102 valence electrons. The van der Waals surface area contributed by atoms with Crippen LogP contribution in [0.25, 0.3) is 16.8 Å². The van der Waals surface area contributed by atoms with Gasteiger partial charge < -0.3 is 9.38 Å². The summed E-state index contributed by atoms with van der Waals surface area (Å²) in [5, 5.41) is 0. The van der Waals surface area contributed by atoms with Crippen molar-refractivity contribution in [3.8, 4) is 11.3 Å². The van der Waals surface area contributed by atoms with Crippen LogP contribution in [0.3, 0.4) is 0 Å². The molecule has 2 aromatic heterocycles. The summed E-state index contributed by atoms with van der Waals surface area (Å²) in [7, 11) is 0. The standard InChI is InChI=1S/C17H18N2O/c1-4-13-7-5-6-8-14(13)15-11(2)12(3)16-17(20)18-9-10-19(15)16/h5-10H,4H2,1-3H3,(H,18,20). The summed E-state index contributed by atoms with van der Waals surface area (Å²) < 4.78 is 2.01. The second-order valence-corrected chi connectivity index (χ2v) is 5.12. The van der Waals surface area contributed by atoms with Crippen LogP contribution < -0.4 is 5.56 Å². The van der Waals surface area contributed by atoms with Crippen molar-refractivity contribution < 1.29 is 0 Å². The molecule has 0 atom stereocenters. The van der Waals surface area contributed by atoms with Gasteiger partial charge >= 0.3 is 0 Å². The van der Waals surface area contributed by atoms with E-state index in [0.717, 1.165) is 23.2 Å². The van der Waals surface area contributed by atoms with Crippen molar-refractivity contribution in [3.05, 3.63) is 63.7 Å². The highest BCUT2D eigenvalue weighted by Gasteiger charge is 2.17. The predicted molar refractivity (Wildman–Crippen MR) is 82.3 cm³/mol. The average molecular weight is 266 g/mol. The molecule has 0 amide bonds. The third-order valence-corrected chi connectivity index (χ3v) is 4.06. The molecule has 1 aromatic carbocycles. The quantitative estimate of drug-likeness (QED) is 0.757. The van der Waals surface area contributed by atoms with Crippen LogP contribution in [0.2, 0.25) is 0 Å². The molecule has 2 heterocycles. The fourth-order valence-corrected chi connectivity index (χ4v) is 2.90. The first-order valence-electron chi connectivity index (χ1n) is 6.92. The molecule has 3 heteroatoms. The molecule has 3 rings (SSSR count). The van der Waals surface area contributed by atoms with Crippen molar-refractivity contribution in [2.75, 3.05) is 0 Å². The molecular formula is C17H18N2O. The molecule has 0 aliphatic carbocycles. The summed E-state index contributed by atoms with van der Waals surface area (Å²) >= 11 is 0. The number of benzene rings is 1. The topological polar surface area (TPSA) is 37.3 Å². The molecule has 0 fully saturated rings. The zero-order chi connectivity index (χ0) is 14.3. The van der Waals surface area contributed by atoms with Gasteiger partial charge in [-0.3, -0.25) is 4.79 Å². The SMILES string of the molecule is CCc1ccccc1-c1c(C)c(C)c2c(=O)[nH]ccn12. The summed E-state index contributed by atoms with van der Waals surface area (Å²) in [4.78, 5) is 14.8. The van der Waals surface area contributed by atoms with Crippen LogP contribution >= 0.6 is 0 Å². The molecule has 3 nitrogen and oxygen atoms in total. The Labute approximate surface area is 117 Å². The van der Waals surface area contributed by atoms with E-state index in [2.05, 4.69) is 43.1 Å². The van der Waals surface area contributed by atoms with Crippen molar-refractivity contribution in [3.63, 3.8) is 0 Å². The van der Waals surface area contributed by atoms with Crippen LogP contribution in [-0.2, 0) is 6.42 Å². The Bertz CT molecular complexity index is 840. The minimum Gasteiger partial charge on any atom is -0.326 e. The molecule has 0 spiro atoms. The highest BCUT2D eigenvalue weighted by molar-refractivity contribution is 5.76. The van der Waals surface area contributed by atoms with Gasteiger partial charge in [-0.05, 0) is 37.0 Å². The first-order valence-corrected chi connectivity index (χ1v) is 6.92. The fraction of sp³-hybridized carbons (Fsp3) is 0.235. The first kappa shape index (κ1) is 12.7.